The van der Waals surface area contributed by atoms with E-state index in [4.69, 9.17) is 10.5 Å². The molecule has 0 spiro atoms. The van der Waals surface area contributed by atoms with Crippen LogP contribution in [0.2, 0.25) is 0 Å². The van der Waals surface area contributed by atoms with Crippen LogP contribution in [0.1, 0.15) is 24.8 Å². The molecule has 0 saturated carbocycles. The van der Waals surface area contributed by atoms with Crippen molar-refractivity contribution in [2.24, 2.45) is 5.73 Å². The normalized spacial score (nSPS) is 27.2. The van der Waals surface area contributed by atoms with Gasteiger partial charge in [0.15, 0.2) is 0 Å². The van der Waals surface area contributed by atoms with E-state index in [9.17, 15) is 0 Å². The lowest BCUT2D eigenvalue weighted by Gasteiger charge is -2.40. The molecule has 0 aromatic heterocycles. The van der Waals surface area contributed by atoms with Gasteiger partial charge in [0.1, 0.15) is 5.75 Å². The third-order valence-electron chi connectivity index (χ3n) is 4.27. The van der Waals surface area contributed by atoms with Gasteiger partial charge in [0.25, 0.3) is 0 Å². The number of methoxy groups -OCH3 is 1. The van der Waals surface area contributed by atoms with Gasteiger partial charge in [0.05, 0.1) is 39.8 Å². The first-order valence-corrected chi connectivity index (χ1v) is 7.33. The number of hydrogen-bond donors (Lipinski definition) is 1. The van der Waals surface area contributed by atoms with Crippen molar-refractivity contribution >= 4 is 0 Å². The van der Waals surface area contributed by atoms with Crippen LogP contribution in [0.25, 0.3) is 0 Å². The fourth-order valence-electron chi connectivity index (χ4n) is 3.14. The van der Waals surface area contributed by atoms with E-state index in [0.29, 0.717) is 6.04 Å². The first-order chi connectivity index (χ1) is 9.11. The molecule has 2 atom stereocenters. The van der Waals surface area contributed by atoms with Gasteiger partial charge in [-0.25, -0.2) is 0 Å². The summed E-state index contributed by atoms with van der Waals surface area (Å²) in [5, 5.41) is 0. The summed E-state index contributed by atoms with van der Waals surface area (Å²) >= 11 is 0. The van der Waals surface area contributed by atoms with E-state index in [1.807, 2.05) is 12.1 Å². The fraction of sp³-hybridized carbons (Fsp3) is 0.625. The van der Waals surface area contributed by atoms with Gasteiger partial charge in [-0.05, 0) is 37.0 Å². The number of aryl methyl sites for hydroxylation is 1. The number of ether oxygens (including phenoxy) is 1. The number of piperidine rings is 1. The molecule has 1 fully saturated rings. The molecule has 2 rings (SSSR count). The van der Waals surface area contributed by atoms with Crippen LogP contribution in [-0.4, -0.2) is 44.3 Å². The average Bonchev–Trinajstić information content (AvgIpc) is 2.39. The van der Waals surface area contributed by atoms with Gasteiger partial charge < -0.3 is 15.0 Å². The smallest absolute Gasteiger partial charge is 0.118 e. The molecule has 2 N–H and O–H groups in total. The molecule has 3 nitrogen and oxygen atoms in total. The minimum atomic E-state index is 0.403. The maximum absolute atomic E-state index is 6.10. The van der Waals surface area contributed by atoms with E-state index in [1.54, 1.807) is 7.11 Å². The molecule has 3 heteroatoms. The first-order valence-electron chi connectivity index (χ1n) is 7.33. The molecule has 0 unspecified atom stereocenters. The van der Waals surface area contributed by atoms with Gasteiger partial charge in [-0.15, -0.1) is 0 Å². The summed E-state index contributed by atoms with van der Waals surface area (Å²) in [4.78, 5) is 0. The van der Waals surface area contributed by atoms with Gasteiger partial charge in [0.2, 0.25) is 0 Å². The Hall–Kier alpha value is -1.06. The Morgan fingerprint density at radius 1 is 1.32 bits per heavy atom. The number of nitrogens with zero attached hydrogens (tertiary/aromatic N) is 1. The molecule has 1 saturated heterocycles. The van der Waals surface area contributed by atoms with Crippen molar-refractivity contribution in [3.8, 4) is 5.75 Å². The minimum Gasteiger partial charge on any atom is -0.497 e. The molecule has 1 aromatic carbocycles. The highest BCUT2D eigenvalue weighted by Gasteiger charge is 2.28. The van der Waals surface area contributed by atoms with Gasteiger partial charge in [-0.3, -0.25) is 0 Å². The predicted molar refractivity (Wildman–Crippen MR) is 79.3 cm³/mol. The van der Waals surface area contributed by atoms with E-state index in [1.165, 1.54) is 37.9 Å². The summed E-state index contributed by atoms with van der Waals surface area (Å²) < 4.78 is 6.33. The predicted octanol–water partition coefficient (Wildman–Crippen LogP) is 2.20. The molecule has 0 amide bonds. The SMILES string of the molecule is COc1ccc(CCC[N@@+]2(C)CCC[C@H](N)C2)cc1. The van der Waals surface area contributed by atoms with E-state index < -0.39 is 0 Å². The van der Waals surface area contributed by atoms with Gasteiger partial charge >= 0.3 is 0 Å². The highest BCUT2D eigenvalue weighted by molar-refractivity contribution is 5.27. The Labute approximate surface area is 116 Å². The van der Waals surface area contributed by atoms with E-state index >= 15 is 0 Å². The van der Waals surface area contributed by atoms with Crippen molar-refractivity contribution in [1.29, 1.82) is 0 Å². The minimum absolute atomic E-state index is 0.403. The summed E-state index contributed by atoms with van der Waals surface area (Å²) in [6.07, 6.45) is 4.86. The van der Waals surface area contributed by atoms with Crippen molar-refractivity contribution < 1.29 is 9.22 Å². The Balaban J connectivity index is 1.79. The monoisotopic (exact) mass is 263 g/mol. The zero-order valence-corrected chi connectivity index (χ0v) is 12.3. The second-order valence-electron chi connectivity index (χ2n) is 6.10. The van der Waals surface area contributed by atoms with Crippen LogP contribution in [0, 0.1) is 0 Å². The summed E-state index contributed by atoms with van der Waals surface area (Å²) in [6, 6.07) is 8.83. The Bertz CT molecular complexity index is 390. The van der Waals surface area contributed by atoms with Crippen LogP contribution in [-0.2, 0) is 6.42 Å². The maximum Gasteiger partial charge on any atom is 0.118 e. The molecule has 1 aliphatic rings. The number of hydrogen-bond acceptors (Lipinski definition) is 2. The van der Waals surface area contributed by atoms with Crippen LogP contribution in [0.4, 0.5) is 0 Å². The molecule has 1 aromatic rings. The molecule has 0 aliphatic carbocycles. The summed E-state index contributed by atoms with van der Waals surface area (Å²) in [7, 11) is 4.06. The Morgan fingerprint density at radius 3 is 2.68 bits per heavy atom. The van der Waals surface area contributed by atoms with E-state index in [-0.39, 0.29) is 0 Å². The number of rotatable bonds is 5. The number of likely N-dealkylation sites (tertiary alicyclic amines) is 1. The molecule has 1 aliphatic heterocycles. The van der Waals surface area contributed by atoms with Crippen molar-refractivity contribution in [2.45, 2.75) is 31.7 Å². The Morgan fingerprint density at radius 2 is 2.05 bits per heavy atom. The lowest BCUT2D eigenvalue weighted by Crippen LogP contribution is -2.55. The average molecular weight is 263 g/mol. The van der Waals surface area contributed by atoms with E-state index in [0.717, 1.165) is 23.2 Å². The van der Waals surface area contributed by atoms with Crippen LogP contribution >= 0.6 is 0 Å². The molecule has 19 heavy (non-hydrogen) atoms. The molecule has 0 bridgehead atoms. The van der Waals surface area contributed by atoms with Crippen LogP contribution in [0.5, 0.6) is 5.75 Å². The van der Waals surface area contributed by atoms with Crippen molar-refractivity contribution in [3.05, 3.63) is 29.8 Å². The number of nitrogens with two attached hydrogens (primary N) is 1. The quantitative estimate of drug-likeness (QED) is 0.827. The molecular formula is C16H27N2O+. The number of benzene rings is 1. The number of quaternary nitrogens is 1. The van der Waals surface area contributed by atoms with Crippen LogP contribution in [0.3, 0.4) is 0 Å². The van der Waals surface area contributed by atoms with Gasteiger partial charge in [-0.1, -0.05) is 12.1 Å². The largest absolute Gasteiger partial charge is 0.497 e. The van der Waals surface area contributed by atoms with E-state index in [2.05, 4.69) is 19.2 Å². The maximum atomic E-state index is 6.10. The zero-order chi connectivity index (χ0) is 13.7. The summed E-state index contributed by atoms with van der Waals surface area (Å²) in [5.74, 6) is 0.935. The molecular weight excluding hydrogens is 236 g/mol. The van der Waals surface area contributed by atoms with Crippen LogP contribution < -0.4 is 10.5 Å². The second kappa shape index (κ2) is 6.40. The van der Waals surface area contributed by atoms with Crippen molar-refractivity contribution in [2.75, 3.05) is 33.8 Å². The lowest BCUT2D eigenvalue weighted by atomic mass is 10.0. The fourth-order valence-corrected chi connectivity index (χ4v) is 3.14. The Kier molecular flexibility index (Phi) is 4.83. The van der Waals surface area contributed by atoms with Gasteiger partial charge in [-0.2, -0.15) is 0 Å². The second-order valence-corrected chi connectivity index (χ2v) is 6.10. The van der Waals surface area contributed by atoms with Crippen molar-refractivity contribution in [3.63, 3.8) is 0 Å². The highest BCUT2D eigenvalue weighted by atomic mass is 16.5. The standard InChI is InChI=1S/C16H27N2O/c1-18(12-4-6-15(17)13-18)11-3-5-14-7-9-16(19-2)10-8-14/h7-10,15H,3-6,11-13,17H2,1-2H3/q+1/t15-,18-/m0/s1. The summed E-state index contributed by atoms with van der Waals surface area (Å²) in [6.45, 7) is 3.67. The number of likely N-dealkylation sites (N-methyl/N-ethyl adjacent to an activating group) is 1. The molecule has 1 heterocycles. The molecule has 0 radical (unpaired) electrons. The topological polar surface area (TPSA) is 35.2 Å². The first kappa shape index (κ1) is 14.4. The van der Waals surface area contributed by atoms with Gasteiger partial charge in [0, 0.05) is 6.42 Å². The zero-order valence-electron chi connectivity index (χ0n) is 12.3. The third kappa shape index (κ3) is 4.22. The highest BCUT2D eigenvalue weighted by Crippen LogP contribution is 2.18. The third-order valence-corrected chi connectivity index (χ3v) is 4.27. The van der Waals surface area contributed by atoms with Crippen molar-refractivity contribution in [1.82, 2.24) is 0 Å². The van der Waals surface area contributed by atoms with Crippen LogP contribution in [0.15, 0.2) is 24.3 Å². The lowest BCUT2D eigenvalue weighted by molar-refractivity contribution is -0.914. The molecule has 106 valence electrons. The summed E-state index contributed by atoms with van der Waals surface area (Å²) in [5.41, 5.74) is 7.49.